The molecule has 64 heavy (non-hydrogen) atoms. The Morgan fingerprint density at radius 3 is 0.766 bits per heavy atom. The first kappa shape index (κ1) is 48.6. The maximum Gasteiger partial charge on any atom is 0.250 e. The molecule has 0 aliphatic carbocycles. The summed E-state index contributed by atoms with van der Waals surface area (Å²) in [4.78, 5) is 3.75. The van der Waals surface area contributed by atoms with E-state index in [4.69, 9.17) is 110 Å². The topological polar surface area (TPSA) is 6.48 Å². The van der Waals surface area contributed by atoms with E-state index in [0.29, 0.717) is 83.7 Å². The van der Waals surface area contributed by atoms with Gasteiger partial charge in [-0.25, -0.2) is 0 Å². The third-order valence-electron chi connectivity index (χ3n) is 13.0. The molecule has 0 fully saturated rings. The van der Waals surface area contributed by atoms with Crippen molar-refractivity contribution in [3.8, 4) is 0 Å². The molecule has 0 saturated heterocycles. The number of aryl methyl sites for hydroxylation is 1. The average molecular weight is 796 g/mol. The van der Waals surface area contributed by atoms with Gasteiger partial charge in [-0.05, 0) is 51.7 Å². The van der Waals surface area contributed by atoms with Gasteiger partial charge < -0.3 is 9.80 Å². The molecule has 5 aromatic carbocycles. The number of anilines is 6. The summed E-state index contributed by atoms with van der Waals surface area (Å²) in [5, 5.41) is 0. The minimum atomic E-state index is -0.770. The lowest BCUT2D eigenvalue weighted by Gasteiger charge is -2.50. The highest BCUT2D eigenvalue weighted by Gasteiger charge is 2.48. The van der Waals surface area contributed by atoms with Crippen LogP contribution in [0, 0.1) is 6.92 Å². The van der Waals surface area contributed by atoms with E-state index in [9.17, 15) is 0 Å². The molecule has 0 atom stereocenters. The van der Waals surface area contributed by atoms with Crippen LogP contribution in [0.5, 0.6) is 0 Å². The van der Waals surface area contributed by atoms with E-state index >= 15 is 0 Å². The lowest BCUT2D eigenvalue weighted by molar-refractivity contribution is 0.598. The third kappa shape index (κ3) is 6.86. The Balaban J connectivity index is 1.83. The molecule has 2 aliphatic rings. The molecule has 0 bridgehead atoms. The predicted octanol–water partition coefficient (Wildman–Crippen LogP) is -5.62. The molecule has 0 amide bonds. The largest absolute Gasteiger partial charge is 0.313 e. The minimum Gasteiger partial charge on any atom is -0.313 e. The summed E-state index contributed by atoms with van der Waals surface area (Å²) in [5.41, 5.74) is 9.07. The van der Waals surface area contributed by atoms with Gasteiger partial charge in [-0.15, -0.1) is 0 Å². The smallest absolute Gasteiger partial charge is 0.250 e. The summed E-state index contributed by atoms with van der Waals surface area (Å²) in [7, 11) is 101. The SMILES string of the molecule is [B]c1c([B])c(C(C)(C)C)c([B])c([B])c1N1c2cc(C)cc3c2B(c2c([B])c(C(C)(C)C)c([B])c([B])c21)c1c([B])c(C(C)(C)C)c([B])c([B])c1N3c1c([B])c([B])c(C(C)(C)C)c([B])c1[B]. The fourth-order valence-corrected chi connectivity index (χ4v) is 10.6. The second-order valence-electron chi connectivity index (χ2n) is 21.8. The van der Waals surface area contributed by atoms with Crippen LogP contribution in [0.3, 0.4) is 0 Å². The predicted molar refractivity (Wildman–Crippen MR) is 295 cm³/mol. The zero-order valence-electron chi connectivity index (χ0n) is 39.7. The van der Waals surface area contributed by atoms with Crippen molar-refractivity contribution in [3.05, 3.63) is 39.9 Å². The van der Waals surface area contributed by atoms with Gasteiger partial charge >= 0.3 is 0 Å². The van der Waals surface area contributed by atoms with Crippen molar-refractivity contribution in [1.29, 1.82) is 0 Å². The van der Waals surface area contributed by atoms with Crippen molar-refractivity contribution in [3.63, 3.8) is 0 Å². The third-order valence-corrected chi connectivity index (χ3v) is 13.0. The molecule has 2 heterocycles. The lowest BCUT2D eigenvalue weighted by atomic mass is 9.29. The van der Waals surface area contributed by atoms with Crippen molar-refractivity contribution in [2.75, 3.05) is 9.80 Å². The summed E-state index contributed by atoms with van der Waals surface area (Å²) in [6.07, 6.45) is 0. The van der Waals surface area contributed by atoms with E-state index in [2.05, 4.69) is 0 Å². The first-order valence-corrected chi connectivity index (χ1v) is 21.4. The molecule has 7 rings (SSSR count). The van der Waals surface area contributed by atoms with Gasteiger partial charge in [0.1, 0.15) is 110 Å². The van der Waals surface area contributed by atoms with Crippen LogP contribution in [0.1, 0.15) is 111 Å². The highest BCUT2D eigenvalue weighted by Crippen LogP contribution is 2.42. The summed E-state index contributed by atoms with van der Waals surface area (Å²) in [6, 6.07) is 4.01. The number of fused-ring (bicyclic) bond motifs is 4. The Hall–Kier alpha value is -3.33. The van der Waals surface area contributed by atoms with Crippen molar-refractivity contribution >= 4 is 244 Å². The van der Waals surface area contributed by atoms with Gasteiger partial charge in [0.05, 0.1) is 0 Å². The van der Waals surface area contributed by atoms with Crippen molar-refractivity contribution in [1.82, 2.24) is 0 Å². The van der Waals surface area contributed by atoms with Crippen LogP contribution in [0.2, 0.25) is 0 Å². The molecule has 2 aliphatic heterocycles. The van der Waals surface area contributed by atoms with Crippen LogP contribution in [-0.4, -0.2) is 117 Å². The lowest BCUT2D eigenvalue weighted by Crippen LogP contribution is -2.73. The molecule has 17 heteroatoms. The molecular formula is C47H41B15N2. The fourth-order valence-electron chi connectivity index (χ4n) is 10.6. The van der Waals surface area contributed by atoms with Crippen molar-refractivity contribution in [2.24, 2.45) is 0 Å². The number of rotatable bonds is 2. The Labute approximate surface area is 402 Å². The summed E-state index contributed by atoms with van der Waals surface area (Å²) in [5.74, 6) is 0. The van der Waals surface area contributed by atoms with E-state index in [-0.39, 0.29) is 65.6 Å². The molecule has 0 N–H and O–H groups in total. The maximum absolute atomic E-state index is 7.58. The monoisotopic (exact) mass is 798 g/mol. The van der Waals surface area contributed by atoms with Crippen LogP contribution in [-0.2, 0) is 21.7 Å². The number of nitrogens with zero attached hydrogens (tertiary/aromatic N) is 2. The van der Waals surface area contributed by atoms with Gasteiger partial charge in [0, 0.05) is 34.1 Å². The van der Waals surface area contributed by atoms with E-state index in [1.165, 1.54) is 0 Å². The molecule has 0 unspecified atom stereocenters. The van der Waals surface area contributed by atoms with Crippen molar-refractivity contribution < 1.29 is 0 Å². The number of hydrogen-bond donors (Lipinski definition) is 0. The Morgan fingerprint density at radius 2 is 0.531 bits per heavy atom. The van der Waals surface area contributed by atoms with Gasteiger partial charge in [-0.2, -0.15) is 0 Å². The Morgan fingerprint density at radius 1 is 0.312 bits per heavy atom. The second kappa shape index (κ2) is 15.4. The molecule has 0 spiro atoms. The summed E-state index contributed by atoms with van der Waals surface area (Å²) in [6.45, 7) is 25.3. The Kier molecular flexibility index (Phi) is 11.7. The summed E-state index contributed by atoms with van der Waals surface area (Å²) >= 11 is 0. The van der Waals surface area contributed by atoms with Crippen LogP contribution in [0.4, 0.5) is 34.1 Å². The van der Waals surface area contributed by atoms with Gasteiger partial charge in [-0.1, -0.05) is 193 Å². The van der Waals surface area contributed by atoms with Gasteiger partial charge in [0.2, 0.25) is 0 Å². The summed E-state index contributed by atoms with van der Waals surface area (Å²) < 4.78 is 0. The second-order valence-corrected chi connectivity index (χ2v) is 21.8. The quantitative estimate of drug-likeness (QED) is 0.162. The molecule has 0 saturated carbocycles. The van der Waals surface area contributed by atoms with E-state index in [1.807, 2.05) is 112 Å². The van der Waals surface area contributed by atoms with Gasteiger partial charge in [0.25, 0.3) is 6.71 Å². The van der Waals surface area contributed by atoms with E-state index in [0.717, 1.165) is 5.56 Å². The minimum absolute atomic E-state index is 0.180. The first-order valence-electron chi connectivity index (χ1n) is 21.4. The van der Waals surface area contributed by atoms with Crippen molar-refractivity contribution in [2.45, 2.75) is 112 Å². The van der Waals surface area contributed by atoms with Crippen LogP contribution >= 0.6 is 0 Å². The van der Waals surface area contributed by atoms with Crippen LogP contribution in [0.25, 0.3) is 0 Å². The molecule has 28 radical (unpaired) electrons. The standard InChI is InChI=1S/C47H41B15N2/c1-16-14-17-37-18(15-16)64(41-33(58)25(50)20(45(5,6)7)26(51)34(41)59)43-36(61)28(53)22(47(11,12)13)30(55)39(43)62(37)38-29(54)21(46(8,9)10)27(52)35(60)42(38)63(17)40-31(56)23(48)19(44(2,3)4)24(49)32(40)57/h14-15H,1-13H3. The molecular weight excluding hydrogens is 755 g/mol. The molecule has 5 aromatic rings. The zero-order valence-corrected chi connectivity index (χ0v) is 39.7. The van der Waals surface area contributed by atoms with Crippen LogP contribution in [0.15, 0.2) is 12.1 Å². The molecule has 0 aromatic heterocycles. The Bertz CT molecular complexity index is 2640. The van der Waals surface area contributed by atoms with E-state index in [1.54, 1.807) is 0 Å². The normalized spacial score (nSPS) is 13.9. The number of hydrogen-bond acceptors (Lipinski definition) is 2. The van der Waals surface area contributed by atoms with E-state index < -0.39 is 28.4 Å². The average Bonchev–Trinajstić information content (AvgIpc) is 3.13. The van der Waals surface area contributed by atoms with Gasteiger partial charge in [0.15, 0.2) is 0 Å². The maximum atomic E-state index is 7.58. The highest BCUT2D eigenvalue weighted by molar-refractivity contribution is 7.04. The van der Waals surface area contributed by atoms with Gasteiger partial charge in [-0.3, -0.25) is 0 Å². The highest BCUT2D eigenvalue weighted by atomic mass is 15.2. The van der Waals surface area contributed by atoms with Crippen LogP contribution < -0.4 is 103 Å². The zero-order chi connectivity index (χ0) is 48.3. The molecule has 2 nitrogen and oxygen atoms in total. The molecule has 284 valence electrons. The first-order chi connectivity index (χ1) is 29.1. The fraction of sp³-hybridized carbons (Fsp3) is 0.362. The number of benzene rings is 5.